The van der Waals surface area contributed by atoms with E-state index in [0.717, 1.165) is 11.1 Å². The quantitative estimate of drug-likeness (QED) is 0.841. The minimum Gasteiger partial charge on any atom is -0.384 e. The molecule has 1 heterocycles. The Kier molecular flexibility index (Phi) is 5.91. The van der Waals surface area contributed by atoms with Crippen molar-refractivity contribution in [1.82, 2.24) is 9.97 Å². The van der Waals surface area contributed by atoms with Crippen molar-refractivity contribution >= 4 is 23.4 Å². The second-order valence-electron chi connectivity index (χ2n) is 5.10. The van der Waals surface area contributed by atoms with Crippen LogP contribution in [0.2, 0.25) is 0 Å². The Balaban J connectivity index is 1.99. The fourth-order valence-electron chi connectivity index (χ4n) is 2.55. The van der Waals surface area contributed by atoms with Gasteiger partial charge in [-0.25, -0.2) is 9.97 Å². The Morgan fingerprint density at radius 1 is 1.45 bits per heavy atom. The number of ether oxygens (including phenoxy) is 1. The van der Waals surface area contributed by atoms with Crippen molar-refractivity contribution in [3.8, 4) is 0 Å². The lowest BCUT2D eigenvalue weighted by Crippen LogP contribution is -2.29. The van der Waals surface area contributed by atoms with Crippen LogP contribution in [0.1, 0.15) is 38.4 Å². The van der Waals surface area contributed by atoms with E-state index in [9.17, 15) is 0 Å². The fraction of sp³-hybridized carbons (Fsp3) is 0.714. The van der Waals surface area contributed by atoms with Crippen LogP contribution in [0, 0.1) is 0 Å². The Hall–Kier alpha value is -1.01. The normalized spacial score (nSPS) is 22.7. The molecule has 0 spiro atoms. The first-order valence-electron chi connectivity index (χ1n) is 7.21. The van der Waals surface area contributed by atoms with Crippen LogP contribution >= 0.6 is 11.8 Å². The monoisotopic (exact) mass is 296 g/mol. The minimum absolute atomic E-state index is 0.411. The third-order valence-electron chi connectivity index (χ3n) is 3.54. The van der Waals surface area contributed by atoms with Gasteiger partial charge in [-0.2, -0.15) is 11.8 Å². The van der Waals surface area contributed by atoms with Crippen LogP contribution in [0.4, 0.5) is 11.6 Å². The van der Waals surface area contributed by atoms with E-state index in [-0.39, 0.29) is 0 Å². The van der Waals surface area contributed by atoms with Crippen molar-refractivity contribution in [2.24, 2.45) is 0 Å². The van der Waals surface area contributed by atoms with Crippen molar-refractivity contribution in [3.05, 3.63) is 11.9 Å². The number of nitrogens with zero attached hydrogens (tertiary/aromatic N) is 2. The molecule has 6 heteroatoms. The third kappa shape index (κ3) is 4.52. The van der Waals surface area contributed by atoms with Gasteiger partial charge in [-0.3, -0.25) is 0 Å². The average molecular weight is 296 g/mol. The van der Waals surface area contributed by atoms with Crippen LogP contribution in [-0.2, 0) is 11.3 Å². The van der Waals surface area contributed by atoms with Crippen molar-refractivity contribution in [3.63, 3.8) is 0 Å². The summed E-state index contributed by atoms with van der Waals surface area (Å²) in [4.78, 5) is 8.68. The van der Waals surface area contributed by atoms with E-state index in [4.69, 9.17) is 10.5 Å². The molecule has 2 unspecified atom stereocenters. The van der Waals surface area contributed by atoms with Gasteiger partial charge < -0.3 is 15.8 Å². The maximum atomic E-state index is 5.84. The zero-order valence-electron chi connectivity index (χ0n) is 12.3. The molecule has 0 bridgehead atoms. The minimum atomic E-state index is 0.411. The molecule has 1 saturated carbocycles. The number of hydrogen-bond donors (Lipinski definition) is 2. The first-order valence-corrected chi connectivity index (χ1v) is 8.50. The standard InChI is InChI=1S/C14H24N4OS/c1-3-19-9-14-17-12(15)8-13(18-14)16-10-5-4-6-11(7-10)20-2/h8,10-11H,3-7,9H2,1-2H3,(H3,15,16,17,18). The van der Waals surface area contributed by atoms with Gasteiger partial charge in [-0.1, -0.05) is 6.42 Å². The molecule has 3 N–H and O–H groups in total. The zero-order valence-corrected chi connectivity index (χ0v) is 13.1. The smallest absolute Gasteiger partial charge is 0.158 e. The number of thioether (sulfide) groups is 1. The van der Waals surface area contributed by atoms with Gasteiger partial charge in [0.2, 0.25) is 0 Å². The number of nitrogens with two attached hydrogens (primary N) is 1. The van der Waals surface area contributed by atoms with Crippen molar-refractivity contribution < 1.29 is 4.74 Å². The van der Waals surface area contributed by atoms with Crippen LogP contribution in [0.3, 0.4) is 0 Å². The summed E-state index contributed by atoms with van der Waals surface area (Å²) in [6.45, 7) is 3.02. The molecule has 2 rings (SSSR count). The summed E-state index contributed by atoms with van der Waals surface area (Å²) in [6.07, 6.45) is 7.17. The molecule has 0 aromatic carbocycles. The topological polar surface area (TPSA) is 73.1 Å². The predicted octanol–water partition coefficient (Wildman–Crippen LogP) is 2.68. The van der Waals surface area contributed by atoms with Gasteiger partial charge in [0.15, 0.2) is 5.82 Å². The predicted molar refractivity (Wildman–Crippen MR) is 85.0 cm³/mol. The molecule has 1 aliphatic carbocycles. The van der Waals surface area contributed by atoms with Gasteiger partial charge in [-0.05, 0) is 32.4 Å². The molecular formula is C14H24N4OS. The van der Waals surface area contributed by atoms with E-state index in [1.165, 1.54) is 25.7 Å². The van der Waals surface area contributed by atoms with E-state index in [1.54, 1.807) is 6.07 Å². The van der Waals surface area contributed by atoms with Gasteiger partial charge in [0.25, 0.3) is 0 Å². The molecule has 5 nitrogen and oxygen atoms in total. The van der Waals surface area contributed by atoms with E-state index >= 15 is 0 Å². The summed E-state index contributed by atoms with van der Waals surface area (Å²) >= 11 is 1.96. The molecule has 1 aromatic rings. The maximum absolute atomic E-state index is 5.84. The van der Waals surface area contributed by atoms with E-state index < -0.39 is 0 Å². The first kappa shape index (κ1) is 15.4. The second kappa shape index (κ2) is 7.69. The second-order valence-corrected chi connectivity index (χ2v) is 6.24. The third-order valence-corrected chi connectivity index (χ3v) is 4.63. The summed E-state index contributed by atoms with van der Waals surface area (Å²) in [5, 5.41) is 4.26. The molecule has 0 radical (unpaired) electrons. The molecule has 112 valence electrons. The fourth-order valence-corrected chi connectivity index (χ4v) is 3.38. The van der Waals surface area contributed by atoms with Crippen LogP contribution in [0.25, 0.3) is 0 Å². The highest BCUT2D eigenvalue weighted by molar-refractivity contribution is 7.99. The first-order chi connectivity index (χ1) is 9.71. The van der Waals surface area contributed by atoms with E-state index in [1.807, 2.05) is 18.7 Å². The van der Waals surface area contributed by atoms with E-state index in [2.05, 4.69) is 21.5 Å². The molecule has 20 heavy (non-hydrogen) atoms. The molecule has 0 aliphatic heterocycles. The van der Waals surface area contributed by atoms with Crippen molar-refractivity contribution in [2.75, 3.05) is 23.9 Å². The molecule has 0 saturated heterocycles. The zero-order chi connectivity index (χ0) is 14.4. The number of nitrogens with one attached hydrogen (secondary N) is 1. The molecule has 0 amide bonds. The number of aromatic nitrogens is 2. The Morgan fingerprint density at radius 3 is 3.05 bits per heavy atom. The lowest BCUT2D eigenvalue weighted by atomic mass is 9.95. The summed E-state index contributed by atoms with van der Waals surface area (Å²) < 4.78 is 5.34. The maximum Gasteiger partial charge on any atom is 0.158 e. The van der Waals surface area contributed by atoms with Crippen LogP contribution < -0.4 is 11.1 Å². The molecule has 1 aromatic heterocycles. The summed E-state index contributed by atoms with van der Waals surface area (Å²) in [5.41, 5.74) is 5.84. The highest BCUT2D eigenvalue weighted by Crippen LogP contribution is 2.28. The Morgan fingerprint density at radius 2 is 2.30 bits per heavy atom. The Labute approximate surface area is 125 Å². The Bertz CT molecular complexity index is 430. The lowest BCUT2D eigenvalue weighted by Gasteiger charge is -2.29. The van der Waals surface area contributed by atoms with Crippen molar-refractivity contribution in [1.29, 1.82) is 0 Å². The molecular weight excluding hydrogens is 272 g/mol. The largest absolute Gasteiger partial charge is 0.384 e. The lowest BCUT2D eigenvalue weighted by molar-refractivity contribution is 0.128. The van der Waals surface area contributed by atoms with Gasteiger partial charge >= 0.3 is 0 Å². The van der Waals surface area contributed by atoms with Gasteiger partial charge in [0.1, 0.15) is 18.2 Å². The number of anilines is 2. The van der Waals surface area contributed by atoms with Gasteiger partial charge in [0, 0.05) is 24.0 Å². The number of nitrogen functional groups attached to an aromatic ring is 1. The summed E-state index contributed by atoms with van der Waals surface area (Å²) in [6, 6.07) is 2.29. The van der Waals surface area contributed by atoms with Crippen LogP contribution in [0.15, 0.2) is 6.07 Å². The molecule has 2 atom stereocenters. The van der Waals surface area contributed by atoms with Crippen LogP contribution in [-0.4, -0.2) is 34.1 Å². The highest BCUT2D eigenvalue weighted by atomic mass is 32.2. The number of hydrogen-bond acceptors (Lipinski definition) is 6. The summed E-state index contributed by atoms with van der Waals surface area (Å²) in [5.74, 6) is 1.96. The average Bonchev–Trinajstić information content (AvgIpc) is 2.44. The van der Waals surface area contributed by atoms with Gasteiger partial charge in [0.05, 0.1) is 0 Å². The molecule has 1 aliphatic rings. The van der Waals surface area contributed by atoms with Crippen molar-refractivity contribution in [2.45, 2.75) is 50.5 Å². The SMILES string of the molecule is CCOCc1nc(N)cc(NC2CCCC(SC)C2)n1. The van der Waals surface area contributed by atoms with Crippen LogP contribution in [0.5, 0.6) is 0 Å². The van der Waals surface area contributed by atoms with Gasteiger partial charge in [-0.15, -0.1) is 0 Å². The summed E-state index contributed by atoms with van der Waals surface area (Å²) in [7, 11) is 0. The highest BCUT2D eigenvalue weighted by Gasteiger charge is 2.21. The number of rotatable bonds is 6. The van der Waals surface area contributed by atoms with E-state index in [0.29, 0.717) is 30.9 Å². The molecule has 1 fully saturated rings.